The molecule has 0 aliphatic heterocycles. The first-order valence-electron chi connectivity index (χ1n) is 5.19. The van der Waals surface area contributed by atoms with Crippen molar-refractivity contribution in [3.8, 4) is 0 Å². The fourth-order valence-corrected chi connectivity index (χ4v) is 1.75. The molecule has 1 aromatic rings. The van der Waals surface area contributed by atoms with Crippen LogP contribution in [0.5, 0.6) is 0 Å². The van der Waals surface area contributed by atoms with E-state index in [-0.39, 0.29) is 30.1 Å². The highest BCUT2D eigenvalue weighted by molar-refractivity contribution is 9.10. The van der Waals surface area contributed by atoms with E-state index in [0.29, 0.717) is 4.47 Å². The monoisotopic (exact) mass is 317 g/mol. The minimum Gasteiger partial charge on any atom is -0.396 e. The predicted octanol–water partition coefficient (Wildman–Crippen LogP) is 1.04. The lowest BCUT2D eigenvalue weighted by Crippen LogP contribution is -2.29. The molecule has 0 saturated carbocycles. The summed E-state index contributed by atoms with van der Waals surface area (Å²) in [4.78, 5) is 22.7. The lowest BCUT2D eigenvalue weighted by atomic mass is 10.2. The maximum Gasteiger partial charge on any atom is 0.252 e. The Hall–Kier alpha value is -1.63. The van der Waals surface area contributed by atoms with Gasteiger partial charge in [0.2, 0.25) is 5.91 Å². The molecule has 1 rings (SSSR count). The van der Waals surface area contributed by atoms with Crippen LogP contribution in [0.2, 0.25) is 0 Å². The van der Waals surface area contributed by atoms with Crippen LogP contribution in [0.1, 0.15) is 16.8 Å². The molecular formula is C11H13BrFN3O2. The molecule has 1 aromatic carbocycles. The van der Waals surface area contributed by atoms with Crippen LogP contribution in [0.3, 0.4) is 0 Å². The SMILES string of the molecule is CNC(=O)CCNC(=O)c1cc(N)c(F)cc1Br. The zero-order valence-corrected chi connectivity index (χ0v) is 11.3. The molecule has 0 radical (unpaired) electrons. The summed E-state index contributed by atoms with van der Waals surface area (Å²) in [5, 5.41) is 4.98. The van der Waals surface area contributed by atoms with Gasteiger partial charge in [-0.2, -0.15) is 0 Å². The van der Waals surface area contributed by atoms with Crippen molar-refractivity contribution in [1.29, 1.82) is 0 Å². The van der Waals surface area contributed by atoms with Gasteiger partial charge in [-0.3, -0.25) is 9.59 Å². The maximum absolute atomic E-state index is 13.1. The van der Waals surface area contributed by atoms with Gasteiger partial charge in [-0.05, 0) is 28.1 Å². The van der Waals surface area contributed by atoms with E-state index in [0.717, 1.165) is 6.07 Å². The Labute approximate surface area is 112 Å². The first kappa shape index (κ1) is 14.4. The second-order valence-corrected chi connectivity index (χ2v) is 4.39. The predicted molar refractivity (Wildman–Crippen MR) is 69.5 cm³/mol. The molecule has 4 N–H and O–H groups in total. The van der Waals surface area contributed by atoms with Gasteiger partial charge in [0.15, 0.2) is 0 Å². The summed E-state index contributed by atoms with van der Waals surface area (Å²) >= 11 is 3.08. The third-order valence-electron chi connectivity index (χ3n) is 2.25. The Kier molecular flexibility index (Phi) is 5.08. The summed E-state index contributed by atoms with van der Waals surface area (Å²) in [5.74, 6) is -1.19. The van der Waals surface area contributed by atoms with Crippen molar-refractivity contribution in [2.45, 2.75) is 6.42 Å². The molecule has 2 amide bonds. The van der Waals surface area contributed by atoms with E-state index in [2.05, 4.69) is 26.6 Å². The Balaban J connectivity index is 2.67. The number of hydrogen-bond acceptors (Lipinski definition) is 3. The standard InChI is InChI=1S/C11H13BrFN3O2/c1-15-10(17)2-3-16-11(18)6-4-9(14)8(13)5-7(6)12/h4-5H,2-3,14H2,1H3,(H,15,17)(H,16,18). The molecule has 0 atom stereocenters. The number of nitrogens with two attached hydrogens (primary N) is 1. The third-order valence-corrected chi connectivity index (χ3v) is 2.90. The van der Waals surface area contributed by atoms with Crippen LogP contribution in [0, 0.1) is 5.82 Å². The lowest BCUT2D eigenvalue weighted by Gasteiger charge is -2.08. The number of anilines is 1. The fourth-order valence-electron chi connectivity index (χ4n) is 1.25. The average Bonchev–Trinajstić information content (AvgIpc) is 2.33. The molecule has 0 spiro atoms. The van der Waals surface area contributed by atoms with Gasteiger partial charge in [-0.25, -0.2) is 4.39 Å². The molecule has 0 bridgehead atoms. The van der Waals surface area contributed by atoms with Gasteiger partial charge < -0.3 is 16.4 Å². The zero-order valence-electron chi connectivity index (χ0n) is 9.72. The summed E-state index contributed by atoms with van der Waals surface area (Å²) in [6.45, 7) is 0.197. The van der Waals surface area contributed by atoms with Crippen molar-refractivity contribution >= 4 is 33.4 Å². The molecule has 0 aliphatic carbocycles. The minimum absolute atomic E-state index is 0.102. The van der Waals surface area contributed by atoms with E-state index in [9.17, 15) is 14.0 Å². The van der Waals surface area contributed by atoms with Gasteiger partial charge in [-0.1, -0.05) is 0 Å². The molecule has 0 aromatic heterocycles. The molecular weight excluding hydrogens is 305 g/mol. The highest BCUT2D eigenvalue weighted by atomic mass is 79.9. The second-order valence-electron chi connectivity index (χ2n) is 3.53. The number of nitrogen functional groups attached to an aromatic ring is 1. The van der Waals surface area contributed by atoms with Crippen molar-refractivity contribution in [3.05, 3.63) is 28.0 Å². The first-order valence-corrected chi connectivity index (χ1v) is 5.98. The number of carbonyl (C=O) groups is 2. The Morgan fingerprint density at radius 2 is 2.11 bits per heavy atom. The Morgan fingerprint density at radius 1 is 1.44 bits per heavy atom. The van der Waals surface area contributed by atoms with E-state index in [4.69, 9.17) is 5.73 Å². The van der Waals surface area contributed by atoms with Crippen LogP contribution in [0.15, 0.2) is 16.6 Å². The first-order chi connectivity index (χ1) is 8.45. The number of nitrogens with one attached hydrogen (secondary N) is 2. The number of rotatable bonds is 4. The van der Waals surface area contributed by atoms with Crippen LogP contribution in [0.25, 0.3) is 0 Å². The minimum atomic E-state index is -0.594. The van der Waals surface area contributed by atoms with Gasteiger partial charge >= 0.3 is 0 Å². The van der Waals surface area contributed by atoms with Gasteiger partial charge in [-0.15, -0.1) is 0 Å². The number of benzene rings is 1. The molecule has 0 saturated heterocycles. The maximum atomic E-state index is 13.1. The van der Waals surface area contributed by atoms with Crippen LogP contribution in [-0.2, 0) is 4.79 Å². The smallest absolute Gasteiger partial charge is 0.252 e. The Bertz CT molecular complexity index is 480. The number of carbonyl (C=O) groups excluding carboxylic acids is 2. The van der Waals surface area contributed by atoms with E-state index >= 15 is 0 Å². The number of hydrogen-bond donors (Lipinski definition) is 3. The van der Waals surface area contributed by atoms with E-state index in [1.165, 1.54) is 13.1 Å². The van der Waals surface area contributed by atoms with Crippen LogP contribution >= 0.6 is 15.9 Å². The Morgan fingerprint density at radius 3 is 2.72 bits per heavy atom. The highest BCUT2D eigenvalue weighted by Crippen LogP contribution is 2.22. The molecule has 5 nitrogen and oxygen atoms in total. The van der Waals surface area contributed by atoms with Crippen molar-refractivity contribution in [2.24, 2.45) is 0 Å². The van der Waals surface area contributed by atoms with E-state index < -0.39 is 11.7 Å². The van der Waals surface area contributed by atoms with E-state index in [1.807, 2.05) is 0 Å². The van der Waals surface area contributed by atoms with Crippen molar-refractivity contribution in [1.82, 2.24) is 10.6 Å². The van der Waals surface area contributed by atoms with Gasteiger partial charge in [0.25, 0.3) is 5.91 Å². The summed E-state index contributed by atoms with van der Waals surface area (Å²) in [7, 11) is 1.52. The van der Waals surface area contributed by atoms with Crippen LogP contribution < -0.4 is 16.4 Å². The third kappa shape index (κ3) is 3.69. The molecule has 0 heterocycles. The molecule has 7 heteroatoms. The number of amides is 2. The summed E-state index contributed by atoms with van der Waals surface area (Å²) < 4.78 is 13.4. The van der Waals surface area contributed by atoms with Crippen LogP contribution in [-0.4, -0.2) is 25.4 Å². The molecule has 0 fully saturated rings. The quantitative estimate of drug-likeness (QED) is 0.725. The highest BCUT2D eigenvalue weighted by Gasteiger charge is 2.13. The van der Waals surface area contributed by atoms with Crippen molar-refractivity contribution in [3.63, 3.8) is 0 Å². The van der Waals surface area contributed by atoms with Gasteiger partial charge in [0, 0.05) is 24.5 Å². The van der Waals surface area contributed by atoms with Gasteiger partial charge in [0.1, 0.15) is 5.82 Å². The van der Waals surface area contributed by atoms with Crippen LogP contribution in [0.4, 0.5) is 10.1 Å². The zero-order chi connectivity index (χ0) is 13.7. The molecule has 18 heavy (non-hydrogen) atoms. The summed E-state index contributed by atoms with van der Waals surface area (Å²) in [6, 6.07) is 2.37. The average molecular weight is 318 g/mol. The molecule has 98 valence electrons. The van der Waals surface area contributed by atoms with Crippen molar-refractivity contribution in [2.75, 3.05) is 19.3 Å². The second kappa shape index (κ2) is 6.34. The normalized spacial score (nSPS) is 9.94. The largest absolute Gasteiger partial charge is 0.396 e. The number of halogens is 2. The van der Waals surface area contributed by atoms with Gasteiger partial charge in [0.05, 0.1) is 11.3 Å². The molecule has 0 aliphatic rings. The van der Waals surface area contributed by atoms with Crippen molar-refractivity contribution < 1.29 is 14.0 Å². The lowest BCUT2D eigenvalue weighted by molar-refractivity contribution is -0.120. The summed E-state index contributed by atoms with van der Waals surface area (Å²) in [5.41, 5.74) is 5.51. The fraction of sp³-hybridized carbons (Fsp3) is 0.273. The van der Waals surface area contributed by atoms with E-state index in [1.54, 1.807) is 0 Å². The summed E-state index contributed by atoms with van der Waals surface area (Å²) in [6.07, 6.45) is 0.177. The molecule has 0 unspecified atom stereocenters. The topological polar surface area (TPSA) is 84.2 Å².